The van der Waals surface area contributed by atoms with Crippen molar-refractivity contribution >= 4 is 5.91 Å². The van der Waals surface area contributed by atoms with Crippen LogP contribution >= 0.6 is 0 Å². The smallest absolute Gasteiger partial charge is 0.227 e. The quantitative estimate of drug-likeness (QED) is 0.846. The molecule has 1 aromatic carbocycles. The lowest BCUT2D eigenvalue weighted by molar-refractivity contribution is -0.122. The highest BCUT2D eigenvalue weighted by molar-refractivity contribution is 5.76. The highest BCUT2D eigenvalue weighted by Crippen LogP contribution is 2.17. The SMILES string of the molecule is COCC(C)NC(=O)CCc1nc(-c2cccc(F)c2)no1. The molecule has 0 radical (unpaired) electrons. The number of carbonyl (C=O) groups is 1. The number of benzene rings is 1. The Kier molecular flexibility index (Phi) is 5.60. The maximum Gasteiger partial charge on any atom is 0.227 e. The van der Waals surface area contributed by atoms with Gasteiger partial charge >= 0.3 is 0 Å². The number of carbonyl (C=O) groups excluding carboxylic acids is 1. The third kappa shape index (κ3) is 4.63. The van der Waals surface area contributed by atoms with Crippen LogP contribution < -0.4 is 5.32 Å². The standard InChI is InChI=1S/C15H18FN3O3/c1-10(9-21-2)17-13(20)6-7-14-18-15(19-22-14)11-4-3-5-12(16)8-11/h3-5,8,10H,6-7,9H2,1-2H3,(H,17,20). The molecule has 2 aromatic rings. The van der Waals surface area contributed by atoms with E-state index < -0.39 is 0 Å². The summed E-state index contributed by atoms with van der Waals surface area (Å²) in [7, 11) is 1.58. The first-order valence-electron chi connectivity index (χ1n) is 6.95. The van der Waals surface area contributed by atoms with Crippen LogP contribution in [0.4, 0.5) is 4.39 Å². The van der Waals surface area contributed by atoms with Crippen LogP contribution in [0.3, 0.4) is 0 Å². The summed E-state index contributed by atoms with van der Waals surface area (Å²) in [5.74, 6) is 0.168. The third-order valence-corrected chi connectivity index (χ3v) is 2.94. The van der Waals surface area contributed by atoms with Crippen molar-refractivity contribution in [1.29, 1.82) is 0 Å². The molecule has 1 N–H and O–H groups in total. The number of hydrogen-bond acceptors (Lipinski definition) is 5. The van der Waals surface area contributed by atoms with E-state index in [-0.39, 0.29) is 24.2 Å². The number of methoxy groups -OCH3 is 1. The molecule has 2 rings (SSSR count). The molecule has 0 aliphatic heterocycles. The molecule has 1 aromatic heterocycles. The second-order valence-electron chi connectivity index (χ2n) is 4.95. The molecule has 0 saturated heterocycles. The molecule has 6 nitrogen and oxygen atoms in total. The van der Waals surface area contributed by atoms with Gasteiger partial charge in [0.2, 0.25) is 17.6 Å². The maximum atomic E-state index is 13.1. The van der Waals surface area contributed by atoms with Crippen LogP contribution in [0.2, 0.25) is 0 Å². The van der Waals surface area contributed by atoms with Gasteiger partial charge in [0.05, 0.1) is 6.61 Å². The van der Waals surface area contributed by atoms with E-state index in [9.17, 15) is 9.18 Å². The Labute approximate surface area is 127 Å². The van der Waals surface area contributed by atoms with Gasteiger partial charge in [0.25, 0.3) is 0 Å². The number of aryl methyl sites for hydroxylation is 1. The van der Waals surface area contributed by atoms with Gasteiger partial charge < -0.3 is 14.6 Å². The van der Waals surface area contributed by atoms with Crippen LogP contribution in [0.15, 0.2) is 28.8 Å². The molecule has 1 atom stereocenters. The normalized spacial score (nSPS) is 12.1. The zero-order valence-corrected chi connectivity index (χ0v) is 12.5. The summed E-state index contributed by atoms with van der Waals surface area (Å²) in [5.41, 5.74) is 0.535. The Morgan fingerprint density at radius 2 is 2.32 bits per heavy atom. The van der Waals surface area contributed by atoms with Gasteiger partial charge in [-0.2, -0.15) is 4.98 Å². The molecule has 0 spiro atoms. The van der Waals surface area contributed by atoms with E-state index in [0.29, 0.717) is 30.3 Å². The molecule has 7 heteroatoms. The summed E-state index contributed by atoms with van der Waals surface area (Å²) in [6, 6.07) is 5.88. The van der Waals surface area contributed by atoms with E-state index >= 15 is 0 Å². The van der Waals surface area contributed by atoms with Gasteiger partial charge in [-0.15, -0.1) is 0 Å². The molecule has 1 unspecified atom stereocenters. The van der Waals surface area contributed by atoms with Crippen LogP contribution in [0.5, 0.6) is 0 Å². The first-order chi connectivity index (χ1) is 10.6. The Morgan fingerprint density at radius 1 is 1.50 bits per heavy atom. The molecule has 1 amide bonds. The van der Waals surface area contributed by atoms with E-state index in [1.807, 2.05) is 6.92 Å². The predicted molar refractivity (Wildman–Crippen MR) is 77.5 cm³/mol. The van der Waals surface area contributed by atoms with Crippen LogP contribution in [-0.4, -0.2) is 35.8 Å². The number of aromatic nitrogens is 2. The topological polar surface area (TPSA) is 77.2 Å². The van der Waals surface area contributed by atoms with Gasteiger partial charge in [-0.25, -0.2) is 4.39 Å². The largest absolute Gasteiger partial charge is 0.383 e. The summed E-state index contributed by atoms with van der Waals surface area (Å²) in [6.45, 7) is 2.31. The van der Waals surface area contributed by atoms with Crippen molar-refractivity contribution in [1.82, 2.24) is 15.5 Å². The Bertz CT molecular complexity index is 630. The van der Waals surface area contributed by atoms with E-state index in [1.54, 1.807) is 19.2 Å². The molecular weight excluding hydrogens is 289 g/mol. The minimum absolute atomic E-state index is 0.0527. The van der Waals surface area contributed by atoms with Crippen molar-refractivity contribution in [3.63, 3.8) is 0 Å². The molecule has 0 aliphatic carbocycles. The monoisotopic (exact) mass is 307 g/mol. The Hall–Kier alpha value is -2.28. The van der Waals surface area contributed by atoms with Crippen molar-refractivity contribution < 1.29 is 18.4 Å². The van der Waals surface area contributed by atoms with Crippen LogP contribution in [0, 0.1) is 5.82 Å². The lowest BCUT2D eigenvalue weighted by Gasteiger charge is -2.11. The fourth-order valence-corrected chi connectivity index (χ4v) is 1.96. The summed E-state index contributed by atoms with van der Waals surface area (Å²) in [4.78, 5) is 15.9. The summed E-state index contributed by atoms with van der Waals surface area (Å²) >= 11 is 0. The Balaban J connectivity index is 1.88. The van der Waals surface area contributed by atoms with Gasteiger partial charge in [0.15, 0.2) is 0 Å². The molecular formula is C15H18FN3O3. The molecule has 0 bridgehead atoms. The second-order valence-corrected chi connectivity index (χ2v) is 4.95. The van der Waals surface area contributed by atoms with Crippen LogP contribution in [-0.2, 0) is 16.0 Å². The number of nitrogens with zero attached hydrogens (tertiary/aromatic N) is 2. The second kappa shape index (κ2) is 7.65. The first-order valence-corrected chi connectivity index (χ1v) is 6.95. The van der Waals surface area contributed by atoms with Crippen molar-refractivity contribution in [2.24, 2.45) is 0 Å². The van der Waals surface area contributed by atoms with Crippen LogP contribution in [0.1, 0.15) is 19.2 Å². The zero-order chi connectivity index (χ0) is 15.9. The van der Waals surface area contributed by atoms with Gasteiger partial charge in [-0.05, 0) is 19.1 Å². The molecule has 0 saturated carbocycles. The predicted octanol–water partition coefficient (Wildman–Crippen LogP) is 1.96. The van der Waals surface area contributed by atoms with E-state index in [2.05, 4.69) is 15.5 Å². The lowest BCUT2D eigenvalue weighted by atomic mass is 10.2. The van der Waals surface area contributed by atoms with Gasteiger partial charge in [-0.1, -0.05) is 17.3 Å². The molecule has 0 fully saturated rings. The minimum atomic E-state index is -0.365. The summed E-state index contributed by atoms with van der Waals surface area (Å²) in [6.07, 6.45) is 0.562. The third-order valence-electron chi connectivity index (χ3n) is 2.94. The average molecular weight is 307 g/mol. The fraction of sp³-hybridized carbons (Fsp3) is 0.400. The highest BCUT2D eigenvalue weighted by Gasteiger charge is 2.12. The number of halogens is 1. The number of rotatable bonds is 7. The highest BCUT2D eigenvalue weighted by atomic mass is 19.1. The average Bonchev–Trinajstić information content (AvgIpc) is 2.94. The molecule has 118 valence electrons. The lowest BCUT2D eigenvalue weighted by Crippen LogP contribution is -2.35. The Morgan fingerprint density at radius 3 is 3.05 bits per heavy atom. The van der Waals surface area contributed by atoms with Crippen LogP contribution in [0.25, 0.3) is 11.4 Å². The van der Waals surface area contributed by atoms with Crippen molar-refractivity contribution in [3.8, 4) is 11.4 Å². The summed E-state index contributed by atoms with van der Waals surface area (Å²) in [5, 5.41) is 6.59. The first kappa shape index (κ1) is 16.1. The van der Waals surface area contributed by atoms with Gasteiger partial charge in [-0.3, -0.25) is 4.79 Å². The van der Waals surface area contributed by atoms with Gasteiger partial charge in [0.1, 0.15) is 5.82 Å². The van der Waals surface area contributed by atoms with Crippen molar-refractivity contribution in [3.05, 3.63) is 36.0 Å². The zero-order valence-electron chi connectivity index (χ0n) is 12.5. The molecule has 0 aliphatic rings. The van der Waals surface area contributed by atoms with Crippen molar-refractivity contribution in [2.45, 2.75) is 25.8 Å². The minimum Gasteiger partial charge on any atom is -0.383 e. The maximum absolute atomic E-state index is 13.1. The van der Waals surface area contributed by atoms with E-state index in [1.165, 1.54) is 12.1 Å². The fourth-order valence-electron chi connectivity index (χ4n) is 1.96. The molecule has 1 heterocycles. The van der Waals surface area contributed by atoms with E-state index in [4.69, 9.17) is 9.26 Å². The molecule has 22 heavy (non-hydrogen) atoms. The number of nitrogens with one attached hydrogen (secondary N) is 1. The number of hydrogen-bond donors (Lipinski definition) is 1. The summed E-state index contributed by atoms with van der Waals surface area (Å²) < 4.78 is 23.2. The van der Waals surface area contributed by atoms with Crippen molar-refractivity contribution in [2.75, 3.05) is 13.7 Å². The number of amides is 1. The van der Waals surface area contributed by atoms with Gasteiger partial charge in [0, 0.05) is 31.6 Å². The van der Waals surface area contributed by atoms with E-state index in [0.717, 1.165) is 0 Å². The number of ether oxygens (including phenoxy) is 1.